The highest BCUT2D eigenvalue weighted by Crippen LogP contribution is 2.30. The SMILES string of the molecule is Cc1occc1-c1nnc(SCC(=O)N(C)[C@H]2CCS(=O)(=O)C2)n1-c1ccccc1. The third-order valence-corrected chi connectivity index (χ3v) is 7.89. The third-order valence-electron chi connectivity index (χ3n) is 5.22. The molecule has 0 spiro atoms. The first-order valence-corrected chi connectivity index (χ1v) is 12.3. The van der Waals surface area contributed by atoms with Gasteiger partial charge in [0, 0.05) is 18.8 Å². The Morgan fingerprint density at radius 3 is 2.67 bits per heavy atom. The number of benzene rings is 1. The number of hydrogen-bond donors (Lipinski definition) is 0. The van der Waals surface area contributed by atoms with Crippen LogP contribution in [0.15, 0.2) is 52.2 Å². The van der Waals surface area contributed by atoms with Gasteiger partial charge in [-0.1, -0.05) is 30.0 Å². The molecule has 1 aliphatic rings. The molecule has 1 saturated heterocycles. The number of carbonyl (C=O) groups excluding carboxylic acids is 1. The van der Waals surface area contributed by atoms with Gasteiger partial charge in [-0.15, -0.1) is 10.2 Å². The van der Waals surface area contributed by atoms with Crippen LogP contribution in [0.5, 0.6) is 0 Å². The van der Waals surface area contributed by atoms with E-state index in [1.54, 1.807) is 18.2 Å². The molecule has 4 rings (SSSR count). The van der Waals surface area contributed by atoms with E-state index >= 15 is 0 Å². The fraction of sp³-hybridized carbons (Fsp3) is 0.350. The molecule has 3 heterocycles. The third kappa shape index (κ3) is 4.15. The second-order valence-electron chi connectivity index (χ2n) is 7.22. The van der Waals surface area contributed by atoms with E-state index in [0.29, 0.717) is 17.4 Å². The minimum absolute atomic E-state index is 0.0318. The number of aryl methyl sites for hydroxylation is 1. The summed E-state index contributed by atoms with van der Waals surface area (Å²) in [5.74, 6) is 1.54. The molecule has 1 amide bonds. The molecule has 2 aromatic heterocycles. The molecule has 1 fully saturated rings. The zero-order chi connectivity index (χ0) is 21.3. The van der Waals surface area contributed by atoms with Gasteiger partial charge < -0.3 is 9.32 Å². The molecule has 8 nitrogen and oxygen atoms in total. The van der Waals surface area contributed by atoms with Crippen LogP contribution in [0.4, 0.5) is 0 Å². The Labute approximate surface area is 179 Å². The normalized spacial score (nSPS) is 17.9. The molecule has 0 aliphatic carbocycles. The minimum Gasteiger partial charge on any atom is -0.469 e. The van der Waals surface area contributed by atoms with Crippen molar-refractivity contribution in [1.29, 1.82) is 0 Å². The predicted octanol–water partition coefficient (Wildman–Crippen LogP) is 2.57. The summed E-state index contributed by atoms with van der Waals surface area (Å²) in [6.07, 6.45) is 2.09. The van der Waals surface area contributed by atoms with Gasteiger partial charge in [0.2, 0.25) is 5.91 Å². The largest absolute Gasteiger partial charge is 0.469 e. The summed E-state index contributed by atoms with van der Waals surface area (Å²) in [5.41, 5.74) is 1.71. The van der Waals surface area contributed by atoms with Gasteiger partial charge in [-0.3, -0.25) is 9.36 Å². The molecule has 1 atom stereocenters. The molecule has 30 heavy (non-hydrogen) atoms. The second-order valence-corrected chi connectivity index (χ2v) is 10.4. The van der Waals surface area contributed by atoms with E-state index in [-0.39, 0.29) is 29.2 Å². The molecule has 0 unspecified atom stereocenters. The lowest BCUT2D eigenvalue weighted by molar-refractivity contribution is -0.128. The van der Waals surface area contributed by atoms with Gasteiger partial charge >= 0.3 is 0 Å². The number of hydrogen-bond acceptors (Lipinski definition) is 7. The molecule has 0 N–H and O–H groups in total. The van der Waals surface area contributed by atoms with Crippen LogP contribution in [0.25, 0.3) is 17.1 Å². The number of thioether (sulfide) groups is 1. The Hall–Kier alpha value is -2.59. The average molecular weight is 447 g/mol. The average Bonchev–Trinajstić information content (AvgIpc) is 3.43. The van der Waals surface area contributed by atoms with Crippen LogP contribution in [-0.2, 0) is 14.6 Å². The van der Waals surface area contributed by atoms with Gasteiger partial charge in [0.1, 0.15) is 5.76 Å². The number of carbonyl (C=O) groups is 1. The van der Waals surface area contributed by atoms with Crippen LogP contribution in [0.3, 0.4) is 0 Å². The van der Waals surface area contributed by atoms with Gasteiger partial charge in [0.05, 0.1) is 29.1 Å². The molecular formula is C20H22N4O4S2. The van der Waals surface area contributed by atoms with Crippen molar-refractivity contribution in [3.05, 3.63) is 48.4 Å². The van der Waals surface area contributed by atoms with E-state index in [1.807, 2.05) is 47.9 Å². The molecule has 0 radical (unpaired) electrons. The summed E-state index contributed by atoms with van der Waals surface area (Å²) in [4.78, 5) is 14.2. The van der Waals surface area contributed by atoms with Crippen molar-refractivity contribution in [1.82, 2.24) is 19.7 Å². The summed E-state index contributed by atoms with van der Waals surface area (Å²) in [6, 6.07) is 11.3. The number of rotatable bonds is 6. The predicted molar refractivity (Wildman–Crippen MR) is 114 cm³/mol. The van der Waals surface area contributed by atoms with Crippen molar-refractivity contribution in [2.45, 2.75) is 24.5 Å². The van der Waals surface area contributed by atoms with Gasteiger partial charge in [0.25, 0.3) is 0 Å². The van der Waals surface area contributed by atoms with Crippen LogP contribution in [0.1, 0.15) is 12.2 Å². The van der Waals surface area contributed by atoms with Crippen molar-refractivity contribution in [2.75, 3.05) is 24.3 Å². The highest BCUT2D eigenvalue weighted by atomic mass is 32.2. The van der Waals surface area contributed by atoms with Crippen molar-refractivity contribution in [2.24, 2.45) is 0 Å². The number of furan rings is 1. The second kappa shape index (κ2) is 8.27. The smallest absolute Gasteiger partial charge is 0.233 e. The zero-order valence-corrected chi connectivity index (χ0v) is 18.3. The summed E-state index contributed by atoms with van der Waals surface area (Å²) >= 11 is 1.28. The van der Waals surface area contributed by atoms with Crippen molar-refractivity contribution in [3.63, 3.8) is 0 Å². The lowest BCUT2D eigenvalue weighted by atomic mass is 10.2. The van der Waals surface area contributed by atoms with Crippen molar-refractivity contribution in [3.8, 4) is 17.1 Å². The molecule has 0 saturated carbocycles. The van der Waals surface area contributed by atoms with Crippen LogP contribution >= 0.6 is 11.8 Å². The van der Waals surface area contributed by atoms with E-state index < -0.39 is 9.84 Å². The Kier molecular flexibility index (Phi) is 5.70. The minimum atomic E-state index is -3.05. The highest BCUT2D eigenvalue weighted by molar-refractivity contribution is 7.99. The van der Waals surface area contributed by atoms with Gasteiger partial charge in [-0.25, -0.2) is 8.42 Å². The lowest BCUT2D eigenvalue weighted by Gasteiger charge is -2.23. The van der Waals surface area contributed by atoms with E-state index in [0.717, 1.165) is 17.0 Å². The summed E-state index contributed by atoms with van der Waals surface area (Å²) in [6.45, 7) is 1.86. The van der Waals surface area contributed by atoms with Crippen LogP contribution < -0.4 is 0 Å². The van der Waals surface area contributed by atoms with Gasteiger partial charge in [-0.2, -0.15) is 0 Å². The zero-order valence-electron chi connectivity index (χ0n) is 16.7. The first kappa shape index (κ1) is 20.7. The maximum atomic E-state index is 12.7. The Bertz CT molecular complexity index is 1150. The van der Waals surface area contributed by atoms with Crippen LogP contribution in [0, 0.1) is 6.92 Å². The first-order chi connectivity index (χ1) is 14.4. The summed E-state index contributed by atoms with van der Waals surface area (Å²) < 4.78 is 30.8. The van der Waals surface area contributed by atoms with Crippen LogP contribution in [0.2, 0.25) is 0 Å². The topological polar surface area (TPSA) is 98.3 Å². The lowest BCUT2D eigenvalue weighted by Crippen LogP contribution is -2.38. The van der Waals surface area contributed by atoms with E-state index in [1.165, 1.54) is 11.8 Å². The van der Waals surface area contributed by atoms with Crippen molar-refractivity contribution >= 4 is 27.5 Å². The van der Waals surface area contributed by atoms with Crippen molar-refractivity contribution < 1.29 is 17.6 Å². The summed E-state index contributed by atoms with van der Waals surface area (Å²) in [7, 11) is -1.38. The van der Waals surface area contributed by atoms with Gasteiger partial charge in [0.15, 0.2) is 20.8 Å². The maximum Gasteiger partial charge on any atom is 0.233 e. The number of sulfone groups is 1. The number of nitrogens with zero attached hydrogens (tertiary/aromatic N) is 4. The number of para-hydroxylation sites is 1. The summed E-state index contributed by atoms with van der Waals surface area (Å²) in [5, 5.41) is 9.23. The Balaban J connectivity index is 1.57. The molecule has 1 aromatic carbocycles. The first-order valence-electron chi connectivity index (χ1n) is 9.50. The fourth-order valence-electron chi connectivity index (χ4n) is 3.48. The standard InChI is InChI=1S/C20H22N4O4S2/c1-14-17(8-10-28-14)19-21-22-20(24(19)15-6-4-3-5-7-15)29-12-18(25)23(2)16-9-11-30(26,27)13-16/h3-8,10,16H,9,11-13H2,1-2H3/t16-/m0/s1. The monoisotopic (exact) mass is 446 g/mol. The molecule has 158 valence electrons. The highest BCUT2D eigenvalue weighted by Gasteiger charge is 2.32. The molecular weight excluding hydrogens is 424 g/mol. The van der Waals surface area contributed by atoms with E-state index in [4.69, 9.17) is 4.42 Å². The van der Waals surface area contributed by atoms with E-state index in [9.17, 15) is 13.2 Å². The fourth-order valence-corrected chi connectivity index (χ4v) is 6.13. The molecule has 10 heteroatoms. The quantitative estimate of drug-likeness (QED) is 0.537. The number of amides is 1. The molecule has 1 aliphatic heterocycles. The number of aromatic nitrogens is 3. The molecule has 3 aromatic rings. The Morgan fingerprint density at radius 2 is 2.03 bits per heavy atom. The maximum absolute atomic E-state index is 12.7. The molecule has 0 bridgehead atoms. The van der Waals surface area contributed by atoms with E-state index in [2.05, 4.69) is 10.2 Å². The Morgan fingerprint density at radius 1 is 1.27 bits per heavy atom. The van der Waals surface area contributed by atoms with Crippen LogP contribution in [-0.4, -0.2) is 64.3 Å². The van der Waals surface area contributed by atoms with Gasteiger partial charge in [-0.05, 0) is 31.5 Å².